The average molecular weight is 520 g/mol. The number of terminal acetylenes is 1. The highest BCUT2D eigenvalue weighted by Gasteiger charge is 2.29. The van der Waals surface area contributed by atoms with Crippen LogP contribution in [0.3, 0.4) is 0 Å². The molecule has 0 spiro atoms. The van der Waals surface area contributed by atoms with Crippen LogP contribution in [0.4, 0.5) is 0 Å². The molecule has 2 aromatic carbocycles. The molecule has 0 N–H and O–H groups in total. The standard InChI is InChI=1S/C35H53NO2/c1-6-8-9-10-11-12-13-14-15-16-25-35(7-2,32-21-18-23-34(30-32)38-5)26-19-27-36(3)28-24-31-20-17-22-33(29-31)37-4/h2,17-18,20-23,29-30H,6,8-16,19,24-28H2,1,3-5H3. The maximum Gasteiger partial charge on any atom is 0.119 e. The van der Waals surface area contributed by atoms with Gasteiger partial charge in [-0.15, -0.1) is 6.42 Å². The van der Waals surface area contributed by atoms with Crippen molar-refractivity contribution < 1.29 is 9.47 Å². The van der Waals surface area contributed by atoms with Crippen molar-refractivity contribution in [3.05, 3.63) is 59.7 Å². The molecule has 0 aromatic heterocycles. The lowest BCUT2D eigenvalue weighted by Crippen LogP contribution is -2.28. The zero-order chi connectivity index (χ0) is 27.5. The smallest absolute Gasteiger partial charge is 0.119 e. The molecule has 0 amide bonds. The van der Waals surface area contributed by atoms with E-state index in [0.717, 1.165) is 50.3 Å². The van der Waals surface area contributed by atoms with E-state index in [4.69, 9.17) is 15.9 Å². The van der Waals surface area contributed by atoms with Gasteiger partial charge in [-0.25, -0.2) is 0 Å². The zero-order valence-corrected chi connectivity index (χ0v) is 24.8. The molecular formula is C35H53NO2. The van der Waals surface area contributed by atoms with Crippen LogP contribution in [0, 0.1) is 12.3 Å². The minimum Gasteiger partial charge on any atom is -0.497 e. The number of methoxy groups -OCH3 is 2. The number of likely N-dealkylation sites (N-methyl/N-ethyl adjacent to an activating group) is 1. The van der Waals surface area contributed by atoms with E-state index in [0.29, 0.717) is 0 Å². The van der Waals surface area contributed by atoms with Gasteiger partial charge in [0.05, 0.1) is 19.6 Å². The second-order valence-corrected chi connectivity index (χ2v) is 10.9. The number of hydrogen-bond acceptors (Lipinski definition) is 3. The van der Waals surface area contributed by atoms with Gasteiger partial charge in [-0.2, -0.15) is 0 Å². The third kappa shape index (κ3) is 11.5. The van der Waals surface area contributed by atoms with Gasteiger partial charge in [0, 0.05) is 6.54 Å². The van der Waals surface area contributed by atoms with Crippen LogP contribution < -0.4 is 9.47 Å². The summed E-state index contributed by atoms with van der Waals surface area (Å²) in [6.45, 7) is 4.34. The number of rotatable bonds is 21. The summed E-state index contributed by atoms with van der Waals surface area (Å²) in [4.78, 5) is 2.42. The lowest BCUT2D eigenvalue weighted by Gasteiger charge is -2.31. The van der Waals surface area contributed by atoms with Crippen molar-refractivity contribution in [2.75, 3.05) is 34.4 Å². The van der Waals surface area contributed by atoms with E-state index in [1.807, 2.05) is 12.1 Å². The van der Waals surface area contributed by atoms with Crippen molar-refractivity contribution in [1.29, 1.82) is 0 Å². The SMILES string of the molecule is C#CC(CCCCCCCCCCCC)(CCCN(C)CCc1cccc(OC)c1)c1cccc(OC)c1. The molecule has 2 aromatic rings. The van der Waals surface area contributed by atoms with E-state index in [2.05, 4.69) is 61.2 Å². The third-order valence-corrected chi connectivity index (χ3v) is 7.92. The molecule has 3 heteroatoms. The molecule has 38 heavy (non-hydrogen) atoms. The highest BCUT2D eigenvalue weighted by atomic mass is 16.5. The van der Waals surface area contributed by atoms with Gasteiger partial charge >= 0.3 is 0 Å². The fraction of sp³-hybridized carbons (Fsp3) is 0.600. The van der Waals surface area contributed by atoms with Crippen molar-refractivity contribution in [1.82, 2.24) is 4.90 Å². The number of unbranched alkanes of at least 4 members (excludes halogenated alkanes) is 9. The number of benzene rings is 2. The Morgan fingerprint density at radius 1 is 0.737 bits per heavy atom. The summed E-state index contributed by atoms with van der Waals surface area (Å²) in [5.41, 5.74) is 2.31. The van der Waals surface area contributed by atoms with E-state index in [1.54, 1.807) is 14.2 Å². The minimum absolute atomic E-state index is 0.234. The van der Waals surface area contributed by atoms with Crippen LogP contribution in [0.25, 0.3) is 0 Å². The summed E-state index contributed by atoms with van der Waals surface area (Å²) < 4.78 is 10.9. The Morgan fingerprint density at radius 3 is 1.95 bits per heavy atom. The van der Waals surface area contributed by atoms with E-state index in [1.165, 1.54) is 75.3 Å². The average Bonchev–Trinajstić information content (AvgIpc) is 2.96. The van der Waals surface area contributed by atoms with Gasteiger partial charge in [0.2, 0.25) is 0 Å². The highest BCUT2D eigenvalue weighted by molar-refractivity contribution is 5.39. The molecule has 0 saturated carbocycles. The van der Waals surface area contributed by atoms with Gasteiger partial charge in [0.1, 0.15) is 11.5 Å². The van der Waals surface area contributed by atoms with E-state index in [-0.39, 0.29) is 5.41 Å². The fourth-order valence-corrected chi connectivity index (χ4v) is 5.39. The molecule has 2 rings (SSSR count). The summed E-state index contributed by atoms with van der Waals surface area (Å²) in [5, 5.41) is 0. The Balaban J connectivity index is 1.87. The molecule has 0 saturated heterocycles. The summed E-state index contributed by atoms with van der Waals surface area (Å²) in [6.07, 6.45) is 23.8. The van der Waals surface area contributed by atoms with Crippen molar-refractivity contribution in [3.63, 3.8) is 0 Å². The first kappa shape index (κ1) is 31.8. The Kier molecular flexibility index (Phi) is 15.7. The molecular weight excluding hydrogens is 466 g/mol. The van der Waals surface area contributed by atoms with Gasteiger partial charge in [-0.05, 0) is 74.7 Å². The maximum absolute atomic E-state index is 6.31. The highest BCUT2D eigenvalue weighted by Crippen LogP contribution is 2.36. The first-order chi connectivity index (χ1) is 18.6. The van der Waals surface area contributed by atoms with Gasteiger partial charge in [-0.3, -0.25) is 0 Å². The molecule has 0 aliphatic carbocycles. The fourth-order valence-electron chi connectivity index (χ4n) is 5.39. The number of ether oxygens (including phenoxy) is 2. The predicted molar refractivity (Wildman–Crippen MR) is 163 cm³/mol. The lowest BCUT2D eigenvalue weighted by molar-refractivity contribution is 0.310. The maximum atomic E-state index is 6.31. The molecule has 1 atom stereocenters. The molecule has 210 valence electrons. The molecule has 0 bridgehead atoms. The van der Waals surface area contributed by atoms with Crippen LogP contribution in [0.5, 0.6) is 11.5 Å². The van der Waals surface area contributed by atoms with Crippen molar-refractivity contribution >= 4 is 0 Å². The summed E-state index contributed by atoms with van der Waals surface area (Å²) in [7, 11) is 5.67. The Bertz CT molecular complexity index is 934. The molecule has 0 radical (unpaired) electrons. The van der Waals surface area contributed by atoms with Gasteiger partial charge in [0.15, 0.2) is 0 Å². The Hall–Kier alpha value is -2.44. The molecule has 0 fully saturated rings. The van der Waals surface area contributed by atoms with E-state index < -0.39 is 0 Å². The van der Waals surface area contributed by atoms with Crippen LogP contribution in [-0.4, -0.2) is 39.3 Å². The van der Waals surface area contributed by atoms with Gasteiger partial charge in [-0.1, -0.05) is 101 Å². The molecule has 0 aliphatic rings. The lowest BCUT2D eigenvalue weighted by atomic mass is 9.73. The van der Waals surface area contributed by atoms with Crippen LogP contribution in [-0.2, 0) is 11.8 Å². The Labute approximate surface area is 234 Å². The first-order valence-electron chi connectivity index (χ1n) is 15.0. The van der Waals surface area contributed by atoms with Gasteiger partial charge < -0.3 is 14.4 Å². The second-order valence-electron chi connectivity index (χ2n) is 10.9. The van der Waals surface area contributed by atoms with Crippen molar-refractivity contribution in [2.24, 2.45) is 0 Å². The normalized spacial score (nSPS) is 12.7. The van der Waals surface area contributed by atoms with Crippen LogP contribution in [0.1, 0.15) is 102 Å². The molecule has 0 heterocycles. The summed E-state index contributed by atoms with van der Waals surface area (Å²) in [5.74, 6) is 5.08. The molecule has 0 aliphatic heterocycles. The summed E-state index contributed by atoms with van der Waals surface area (Å²) in [6, 6.07) is 16.8. The second kappa shape index (κ2) is 18.8. The van der Waals surface area contributed by atoms with Gasteiger partial charge in [0.25, 0.3) is 0 Å². The van der Waals surface area contributed by atoms with E-state index >= 15 is 0 Å². The monoisotopic (exact) mass is 519 g/mol. The topological polar surface area (TPSA) is 21.7 Å². The van der Waals surface area contributed by atoms with Crippen LogP contribution >= 0.6 is 0 Å². The number of nitrogens with zero attached hydrogens (tertiary/aromatic N) is 1. The minimum atomic E-state index is -0.234. The Morgan fingerprint density at radius 2 is 1.32 bits per heavy atom. The zero-order valence-electron chi connectivity index (χ0n) is 24.8. The summed E-state index contributed by atoms with van der Waals surface area (Å²) >= 11 is 0. The van der Waals surface area contributed by atoms with Crippen molar-refractivity contribution in [2.45, 2.75) is 102 Å². The molecule has 1 unspecified atom stereocenters. The third-order valence-electron chi connectivity index (χ3n) is 7.92. The van der Waals surface area contributed by atoms with Crippen molar-refractivity contribution in [3.8, 4) is 23.8 Å². The molecule has 3 nitrogen and oxygen atoms in total. The quantitative estimate of drug-likeness (QED) is 0.121. The largest absolute Gasteiger partial charge is 0.497 e. The predicted octanol–water partition coefficient (Wildman–Crippen LogP) is 8.84. The first-order valence-corrected chi connectivity index (χ1v) is 15.0. The van der Waals surface area contributed by atoms with Crippen LogP contribution in [0.2, 0.25) is 0 Å². The number of hydrogen-bond donors (Lipinski definition) is 0. The van der Waals surface area contributed by atoms with Crippen LogP contribution in [0.15, 0.2) is 48.5 Å². The van der Waals surface area contributed by atoms with E-state index in [9.17, 15) is 0 Å².